The SMILES string of the molecule is C#Cc1ccccc1C1OC=C(Sc2nc3c(N)ncnc3n2CCCNC(=O)C(C)C)O1. The molecule has 0 radical (unpaired) electrons. The first-order chi connectivity index (χ1) is 16.0. The number of rotatable bonds is 8. The number of hydrogen-bond donors (Lipinski definition) is 2. The number of hydrogen-bond acceptors (Lipinski definition) is 8. The Bertz CT molecular complexity index is 1250. The average Bonchev–Trinajstić information content (AvgIpc) is 3.42. The quantitative estimate of drug-likeness (QED) is 0.386. The van der Waals surface area contributed by atoms with Crippen molar-refractivity contribution in [2.75, 3.05) is 12.3 Å². The normalized spacial score (nSPS) is 15.1. The summed E-state index contributed by atoms with van der Waals surface area (Å²) in [6.07, 6.45) is 8.61. The van der Waals surface area contributed by atoms with E-state index in [0.717, 1.165) is 5.56 Å². The second-order valence-corrected chi connectivity index (χ2v) is 8.60. The van der Waals surface area contributed by atoms with E-state index in [1.165, 1.54) is 18.1 Å². The zero-order valence-electron chi connectivity index (χ0n) is 18.3. The lowest BCUT2D eigenvalue weighted by Crippen LogP contribution is -2.29. The molecular formula is C23H24N6O3S. The largest absolute Gasteiger partial charge is 0.454 e. The van der Waals surface area contributed by atoms with Crippen LogP contribution < -0.4 is 11.1 Å². The van der Waals surface area contributed by atoms with E-state index in [4.69, 9.17) is 21.6 Å². The summed E-state index contributed by atoms with van der Waals surface area (Å²) in [6, 6.07) is 7.46. The van der Waals surface area contributed by atoms with Crippen molar-refractivity contribution in [3.05, 3.63) is 53.1 Å². The predicted molar refractivity (Wildman–Crippen MR) is 125 cm³/mol. The minimum atomic E-state index is -0.631. The highest BCUT2D eigenvalue weighted by Gasteiger charge is 2.26. The number of anilines is 1. The Labute approximate surface area is 195 Å². The van der Waals surface area contributed by atoms with E-state index in [0.29, 0.717) is 52.3 Å². The second kappa shape index (κ2) is 9.83. The van der Waals surface area contributed by atoms with Crippen molar-refractivity contribution in [1.82, 2.24) is 24.8 Å². The minimum Gasteiger partial charge on any atom is -0.454 e. The number of imidazole rings is 1. The molecule has 4 rings (SSSR count). The number of carbonyl (C=O) groups excluding carboxylic acids is 1. The van der Waals surface area contributed by atoms with Gasteiger partial charge in [-0.3, -0.25) is 4.79 Å². The Balaban J connectivity index is 1.50. The van der Waals surface area contributed by atoms with E-state index in [-0.39, 0.29) is 11.8 Å². The van der Waals surface area contributed by atoms with Crippen LogP contribution in [0.15, 0.2) is 47.1 Å². The number of nitrogens with one attached hydrogen (secondary N) is 1. The summed E-state index contributed by atoms with van der Waals surface area (Å²) in [4.78, 5) is 24.9. The Morgan fingerprint density at radius 2 is 2.18 bits per heavy atom. The lowest BCUT2D eigenvalue weighted by atomic mass is 10.1. The molecule has 0 saturated heterocycles. The van der Waals surface area contributed by atoms with E-state index in [2.05, 4.69) is 26.2 Å². The van der Waals surface area contributed by atoms with Gasteiger partial charge in [0.1, 0.15) is 12.6 Å². The van der Waals surface area contributed by atoms with Gasteiger partial charge < -0.3 is 25.1 Å². The number of thioether (sulfide) groups is 1. The fourth-order valence-corrected chi connectivity index (χ4v) is 4.10. The van der Waals surface area contributed by atoms with Crippen LogP contribution in [0.5, 0.6) is 0 Å². The monoisotopic (exact) mass is 464 g/mol. The van der Waals surface area contributed by atoms with Crippen LogP contribution >= 0.6 is 11.8 Å². The molecule has 2 aromatic heterocycles. The molecule has 170 valence electrons. The van der Waals surface area contributed by atoms with Crippen LogP contribution in [0.1, 0.15) is 37.7 Å². The molecular weight excluding hydrogens is 440 g/mol. The molecule has 1 aliphatic heterocycles. The molecule has 3 heterocycles. The van der Waals surface area contributed by atoms with Gasteiger partial charge in [0.25, 0.3) is 6.29 Å². The van der Waals surface area contributed by atoms with Crippen LogP contribution in [-0.4, -0.2) is 32.0 Å². The van der Waals surface area contributed by atoms with Crippen molar-refractivity contribution in [2.24, 2.45) is 5.92 Å². The number of amides is 1. The number of nitrogens with zero attached hydrogens (tertiary/aromatic N) is 4. The van der Waals surface area contributed by atoms with Crippen molar-refractivity contribution in [1.29, 1.82) is 0 Å². The summed E-state index contributed by atoms with van der Waals surface area (Å²) in [5, 5.41) is 4.09. The van der Waals surface area contributed by atoms with Gasteiger partial charge in [-0.15, -0.1) is 6.42 Å². The molecule has 9 nitrogen and oxygen atoms in total. The Morgan fingerprint density at radius 1 is 1.36 bits per heavy atom. The van der Waals surface area contributed by atoms with Crippen molar-refractivity contribution < 1.29 is 14.3 Å². The van der Waals surface area contributed by atoms with Gasteiger partial charge >= 0.3 is 0 Å². The lowest BCUT2D eigenvalue weighted by molar-refractivity contribution is -0.123. The maximum atomic E-state index is 11.8. The summed E-state index contributed by atoms with van der Waals surface area (Å²) < 4.78 is 13.6. The van der Waals surface area contributed by atoms with E-state index in [1.54, 1.807) is 6.26 Å². The fourth-order valence-electron chi connectivity index (χ4n) is 3.25. The number of nitrogen functional groups attached to an aromatic ring is 1. The van der Waals surface area contributed by atoms with Gasteiger partial charge in [0, 0.05) is 30.1 Å². The maximum absolute atomic E-state index is 11.8. The molecule has 1 atom stereocenters. The topological polar surface area (TPSA) is 117 Å². The molecule has 3 N–H and O–H groups in total. The van der Waals surface area contributed by atoms with Crippen LogP contribution in [-0.2, 0) is 20.8 Å². The number of nitrogens with two attached hydrogens (primary N) is 1. The van der Waals surface area contributed by atoms with Crippen LogP contribution in [0.25, 0.3) is 11.2 Å². The molecule has 10 heteroatoms. The van der Waals surface area contributed by atoms with Crippen molar-refractivity contribution in [3.63, 3.8) is 0 Å². The van der Waals surface area contributed by atoms with E-state index in [1.807, 2.05) is 42.7 Å². The number of terminal acetylenes is 1. The summed E-state index contributed by atoms with van der Waals surface area (Å²) in [5.41, 5.74) is 8.64. The van der Waals surface area contributed by atoms with Gasteiger partial charge in [0.15, 0.2) is 22.1 Å². The van der Waals surface area contributed by atoms with Crippen LogP contribution in [0.2, 0.25) is 0 Å². The van der Waals surface area contributed by atoms with Crippen molar-refractivity contribution in [2.45, 2.75) is 38.3 Å². The first kappa shape index (κ1) is 22.5. The van der Waals surface area contributed by atoms with Gasteiger partial charge in [-0.25, -0.2) is 15.0 Å². The van der Waals surface area contributed by atoms with Gasteiger partial charge in [-0.05, 0) is 24.2 Å². The molecule has 3 aromatic rings. The van der Waals surface area contributed by atoms with Gasteiger partial charge in [-0.2, -0.15) is 0 Å². The van der Waals surface area contributed by atoms with E-state index >= 15 is 0 Å². The highest BCUT2D eigenvalue weighted by Crippen LogP contribution is 2.39. The summed E-state index contributed by atoms with van der Waals surface area (Å²) in [7, 11) is 0. The third-order valence-corrected chi connectivity index (χ3v) is 5.87. The zero-order valence-corrected chi connectivity index (χ0v) is 19.1. The van der Waals surface area contributed by atoms with Gasteiger partial charge in [0.05, 0.1) is 0 Å². The third-order valence-electron chi connectivity index (χ3n) is 4.98. The molecule has 0 aliphatic carbocycles. The lowest BCUT2D eigenvalue weighted by Gasteiger charge is -2.14. The molecule has 1 unspecified atom stereocenters. The first-order valence-electron chi connectivity index (χ1n) is 10.5. The maximum Gasteiger partial charge on any atom is 0.269 e. The molecule has 1 aliphatic rings. The first-order valence-corrected chi connectivity index (χ1v) is 11.3. The van der Waals surface area contributed by atoms with Gasteiger partial charge in [-0.1, -0.05) is 38.0 Å². The molecule has 0 spiro atoms. The zero-order chi connectivity index (χ0) is 23.4. The van der Waals surface area contributed by atoms with Crippen molar-refractivity contribution >= 4 is 34.7 Å². The summed E-state index contributed by atoms with van der Waals surface area (Å²) in [6.45, 7) is 4.83. The number of fused-ring (bicyclic) bond motifs is 1. The summed E-state index contributed by atoms with van der Waals surface area (Å²) >= 11 is 1.30. The van der Waals surface area contributed by atoms with Crippen LogP contribution in [0.4, 0.5) is 5.82 Å². The predicted octanol–water partition coefficient (Wildman–Crippen LogP) is 3.19. The molecule has 0 saturated carbocycles. The van der Waals surface area contributed by atoms with E-state index in [9.17, 15) is 4.79 Å². The number of aryl methyl sites for hydroxylation is 1. The standard InChI is InChI=1S/C23H24N6O3S/c1-4-15-8-5-6-9-16(15)22-31-12-17(32-22)33-23-28-18-19(24)26-13-27-20(18)29(23)11-7-10-25-21(30)14(2)3/h1,5-6,8-9,12-14,22H,7,10-11H2,2-3H3,(H,25,30)(H2,24,26,27). The van der Waals surface area contributed by atoms with Crippen LogP contribution in [0, 0.1) is 18.3 Å². The van der Waals surface area contributed by atoms with Gasteiger partial charge in [0.2, 0.25) is 11.0 Å². The smallest absolute Gasteiger partial charge is 0.269 e. The molecule has 0 fully saturated rings. The number of ether oxygens (including phenoxy) is 2. The molecule has 1 aromatic carbocycles. The molecule has 33 heavy (non-hydrogen) atoms. The highest BCUT2D eigenvalue weighted by molar-refractivity contribution is 8.02. The number of aromatic nitrogens is 4. The number of benzene rings is 1. The Morgan fingerprint density at radius 3 is 2.97 bits per heavy atom. The summed E-state index contributed by atoms with van der Waals surface area (Å²) in [5.74, 6) is 2.91. The van der Waals surface area contributed by atoms with Crippen LogP contribution in [0.3, 0.4) is 0 Å². The molecule has 0 bridgehead atoms. The molecule has 1 amide bonds. The Kier molecular flexibility index (Phi) is 6.70. The second-order valence-electron chi connectivity index (χ2n) is 7.63. The van der Waals surface area contributed by atoms with Crippen molar-refractivity contribution in [3.8, 4) is 12.3 Å². The third kappa shape index (κ3) is 4.88. The fraction of sp³-hybridized carbons (Fsp3) is 0.304. The Hall–Kier alpha value is -3.71. The van der Waals surface area contributed by atoms with E-state index < -0.39 is 6.29 Å². The highest BCUT2D eigenvalue weighted by atomic mass is 32.2. The average molecular weight is 465 g/mol. The minimum absolute atomic E-state index is 0.0200. The number of carbonyl (C=O) groups is 1.